The SMILES string of the molecule is CN=C(NCCCOCc1ccc(OC)cc1)NCCn1cccc1. The van der Waals surface area contributed by atoms with Crippen LogP contribution in [0.2, 0.25) is 0 Å². The number of methoxy groups -OCH3 is 1. The van der Waals surface area contributed by atoms with Crippen LogP contribution in [0.5, 0.6) is 5.75 Å². The first-order valence-electron chi connectivity index (χ1n) is 8.58. The molecule has 2 aromatic rings. The van der Waals surface area contributed by atoms with E-state index in [1.165, 1.54) is 0 Å². The van der Waals surface area contributed by atoms with Gasteiger partial charge in [0, 0.05) is 45.7 Å². The Hall–Kier alpha value is -2.47. The molecule has 25 heavy (non-hydrogen) atoms. The summed E-state index contributed by atoms with van der Waals surface area (Å²) in [5.41, 5.74) is 1.15. The average Bonchev–Trinajstić information content (AvgIpc) is 3.17. The second kappa shape index (κ2) is 11.1. The van der Waals surface area contributed by atoms with Gasteiger partial charge in [0.05, 0.1) is 13.7 Å². The monoisotopic (exact) mass is 344 g/mol. The Morgan fingerprint density at radius 3 is 2.48 bits per heavy atom. The summed E-state index contributed by atoms with van der Waals surface area (Å²) in [7, 11) is 3.45. The second-order valence-corrected chi connectivity index (χ2v) is 5.60. The van der Waals surface area contributed by atoms with Gasteiger partial charge in [-0.05, 0) is 36.2 Å². The fourth-order valence-corrected chi connectivity index (χ4v) is 2.34. The molecule has 6 heteroatoms. The quantitative estimate of drug-likeness (QED) is 0.394. The van der Waals surface area contributed by atoms with Crippen molar-refractivity contribution in [1.29, 1.82) is 0 Å². The number of nitrogens with one attached hydrogen (secondary N) is 2. The molecule has 0 amide bonds. The van der Waals surface area contributed by atoms with Gasteiger partial charge in [-0.1, -0.05) is 12.1 Å². The van der Waals surface area contributed by atoms with Gasteiger partial charge in [-0.15, -0.1) is 0 Å². The van der Waals surface area contributed by atoms with Crippen molar-refractivity contribution in [2.75, 3.05) is 33.9 Å². The van der Waals surface area contributed by atoms with Crippen LogP contribution in [0.4, 0.5) is 0 Å². The molecule has 0 fully saturated rings. The lowest BCUT2D eigenvalue weighted by atomic mass is 10.2. The summed E-state index contributed by atoms with van der Waals surface area (Å²) < 4.78 is 13.0. The van der Waals surface area contributed by atoms with Crippen molar-refractivity contribution < 1.29 is 9.47 Å². The van der Waals surface area contributed by atoms with Crippen molar-refractivity contribution >= 4 is 5.96 Å². The maximum Gasteiger partial charge on any atom is 0.191 e. The number of hydrogen-bond donors (Lipinski definition) is 2. The van der Waals surface area contributed by atoms with Gasteiger partial charge in [-0.25, -0.2) is 0 Å². The van der Waals surface area contributed by atoms with Gasteiger partial charge < -0.3 is 24.7 Å². The van der Waals surface area contributed by atoms with E-state index in [-0.39, 0.29) is 0 Å². The van der Waals surface area contributed by atoms with Crippen LogP contribution < -0.4 is 15.4 Å². The average molecular weight is 344 g/mol. The number of aromatic nitrogens is 1. The number of ether oxygens (including phenoxy) is 2. The molecule has 0 saturated heterocycles. The molecule has 136 valence electrons. The highest BCUT2D eigenvalue weighted by Gasteiger charge is 1.98. The molecule has 6 nitrogen and oxygen atoms in total. The van der Waals surface area contributed by atoms with Gasteiger partial charge in [0.15, 0.2) is 5.96 Å². The van der Waals surface area contributed by atoms with Crippen LogP contribution in [0.25, 0.3) is 0 Å². The third-order valence-electron chi connectivity index (χ3n) is 3.74. The minimum absolute atomic E-state index is 0.619. The Labute approximate surface area is 149 Å². The molecule has 1 aromatic heterocycles. The standard InChI is InChI=1S/C19H28N4O2/c1-20-19(22-11-14-23-12-3-4-13-23)21-10-5-15-25-16-17-6-8-18(24-2)9-7-17/h3-4,6-9,12-13H,5,10-11,14-16H2,1-2H3,(H2,20,21,22). The molecule has 2 rings (SSSR count). The third kappa shape index (κ3) is 7.30. The van der Waals surface area contributed by atoms with Gasteiger partial charge in [0.25, 0.3) is 0 Å². The zero-order valence-corrected chi connectivity index (χ0v) is 15.1. The maximum absolute atomic E-state index is 5.69. The van der Waals surface area contributed by atoms with Crippen LogP contribution in [0.1, 0.15) is 12.0 Å². The molecule has 0 aliphatic carbocycles. The van der Waals surface area contributed by atoms with Gasteiger partial charge in [0.2, 0.25) is 0 Å². The Kier molecular flexibility index (Phi) is 8.41. The Morgan fingerprint density at radius 2 is 1.80 bits per heavy atom. The van der Waals surface area contributed by atoms with E-state index in [2.05, 4.69) is 32.6 Å². The minimum atomic E-state index is 0.619. The number of benzene rings is 1. The topological polar surface area (TPSA) is 59.8 Å². The van der Waals surface area contributed by atoms with E-state index in [0.717, 1.165) is 43.3 Å². The summed E-state index contributed by atoms with van der Waals surface area (Å²) in [5, 5.41) is 6.60. The number of guanidine groups is 1. The lowest BCUT2D eigenvalue weighted by Crippen LogP contribution is -2.39. The molecule has 0 radical (unpaired) electrons. The van der Waals surface area contributed by atoms with Gasteiger partial charge in [-0.3, -0.25) is 4.99 Å². The van der Waals surface area contributed by atoms with Crippen molar-refractivity contribution in [3.05, 3.63) is 54.4 Å². The van der Waals surface area contributed by atoms with Gasteiger partial charge >= 0.3 is 0 Å². The first-order valence-corrected chi connectivity index (χ1v) is 8.58. The molecule has 0 unspecified atom stereocenters. The maximum atomic E-state index is 5.69. The van der Waals surface area contributed by atoms with Crippen molar-refractivity contribution in [2.45, 2.75) is 19.6 Å². The van der Waals surface area contributed by atoms with E-state index in [1.54, 1.807) is 14.2 Å². The van der Waals surface area contributed by atoms with E-state index in [1.807, 2.05) is 36.4 Å². The third-order valence-corrected chi connectivity index (χ3v) is 3.74. The van der Waals surface area contributed by atoms with Crippen molar-refractivity contribution in [1.82, 2.24) is 15.2 Å². The molecule has 0 aliphatic heterocycles. The summed E-state index contributed by atoms with van der Waals surface area (Å²) >= 11 is 0. The number of aliphatic imine (C=N–C) groups is 1. The molecule has 0 spiro atoms. The van der Waals surface area contributed by atoms with E-state index in [9.17, 15) is 0 Å². The highest BCUT2D eigenvalue weighted by Crippen LogP contribution is 2.11. The van der Waals surface area contributed by atoms with E-state index in [0.29, 0.717) is 13.2 Å². The summed E-state index contributed by atoms with van der Waals surface area (Å²) in [6.45, 7) is 3.90. The second-order valence-electron chi connectivity index (χ2n) is 5.60. The van der Waals surface area contributed by atoms with Crippen molar-refractivity contribution in [2.24, 2.45) is 4.99 Å². The van der Waals surface area contributed by atoms with Crippen molar-refractivity contribution in [3.63, 3.8) is 0 Å². The largest absolute Gasteiger partial charge is 0.497 e. The molecular formula is C19H28N4O2. The van der Waals surface area contributed by atoms with Crippen LogP contribution in [0.3, 0.4) is 0 Å². The highest BCUT2D eigenvalue weighted by molar-refractivity contribution is 5.79. The molecule has 0 saturated carbocycles. The summed E-state index contributed by atoms with van der Waals surface area (Å²) in [6, 6.07) is 12.0. The van der Waals surface area contributed by atoms with Gasteiger partial charge in [0.1, 0.15) is 5.75 Å². The van der Waals surface area contributed by atoms with Crippen LogP contribution in [0.15, 0.2) is 53.8 Å². The summed E-state index contributed by atoms with van der Waals surface area (Å²) in [6.07, 6.45) is 5.03. The summed E-state index contributed by atoms with van der Waals surface area (Å²) in [4.78, 5) is 4.22. The molecule has 0 aliphatic rings. The van der Waals surface area contributed by atoms with E-state index < -0.39 is 0 Å². The van der Waals surface area contributed by atoms with Crippen LogP contribution in [0, 0.1) is 0 Å². The van der Waals surface area contributed by atoms with E-state index in [4.69, 9.17) is 9.47 Å². The molecule has 2 N–H and O–H groups in total. The van der Waals surface area contributed by atoms with E-state index >= 15 is 0 Å². The number of hydrogen-bond acceptors (Lipinski definition) is 3. The Bertz CT molecular complexity index is 609. The molecule has 0 bridgehead atoms. The Morgan fingerprint density at radius 1 is 1.08 bits per heavy atom. The first-order chi connectivity index (χ1) is 12.3. The zero-order chi connectivity index (χ0) is 17.7. The zero-order valence-electron chi connectivity index (χ0n) is 15.1. The fraction of sp³-hybridized carbons (Fsp3) is 0.421. The molecule has 1 aromatic carbocycles. The highest BCUT2D eigenvalue weighted by atomic mass is 16.5. The normalized spacial score (nSPS) is 11.4. The predicted octanol–water partition coefficient (Wildman–Crippen LogP) is 2.27. The van der Waals surface area contributed by atoms with Crippen molar-refractivity contribution in [3.8, 4) is 5.75 Å². The Balaban J connectivity index is 1.51. The number of nitrogens with zero attached hydrogens (tertiary/aromatic N) is 2. The molecule has 1 heterocycles. The molecular weight excluding hydrogens is 316 g/mol. The lowest BCUT2D eigenvalue weighted by Gasteiger charge is -2.12. The van der Waals surface area contributed by atoms with Crippen LogP contribution in [-0.2, 0) is 17.9 Å². The fourth-order valence-electron chi connectivity index (χ4n) is 2.34. The van der Waals surface area contributed by atoms with Crippen LogP contribution in [-0.4, -0.2) is 44.4 Å². The first kappa shape index (κ1) is 18.9. The van der Waals surface area contributed by atoms with Gasteiger partial charge in [-0.2, -0.15) is 0 Å². The number of rotatable bonds is 10. The smallest absolute Gasteiger partial charge is 0.191 e. The minimum Gasteiger partial charge on any atom is -0.497 e. The molecule has 0 atom stereocenters. The van der Waals surface area contributed by atoms with Crippen LogP contribution >= 0.6 is 0 Å². The summed E-state index contributed by atoms with van der Waals surface area (Å²) in [5.74, 6) is 1.69. The lowest BCUT2D eigenvalue weighted by molar-refractivity contribution is 0.119. The predicted molar refractivity (Wildman–Crippen MR) is 101 cm³/mol.